The van der Waals surface area contributed by atoms with Crippen LogP contribution in [0.25, 0.3) is 11.3 Å². The fourth-order valence-electron chi connectivity index (χ4n) is 2.26. The number of ether oxygens (including phenoxy) is 2. The first kappa shape index (κ1) is 16.2. The SMILES string of the molecule is COc1ccc(Nc2nc(-c3ccncc3)c(CO)s2)c(OC)c1. The molecule has 1 aromatic carbocycles. The second-order valence-electron chi connectivity index (χ2n) is 4.88. The lowest BCUT2D eigenvalue weighted by molar-refractivity contribution is 0.286. The van der Waals surface area contributed by atoms with E-state index in [1.807, 2.05) is 24.3 Å². The minimum atomic E-state index is -0.0727. The molecule has 3 aromatic rings. The standard InChI is InChI=1S/C17H17N3O3S/c1-22-12-3-4-13(14(9-12)23-2)19-17-20-16(15(10-21)24-17)11-5-7-18-8-6-11/h3-9,21H,10H2,1-2H3,(H,19,20). The fraction of sp³-hybridized carbons (Fsp3) is 0.176. The van der Waals surface area contributed by atoms with Gasteiger partial charge in [-0.1, -0.05) is 11.3 Å². The van der Waals surface area contributed by atoms with Crippen LogP contribution in [0.2, 0.25) is 0 Å². The number of thiazole rings is 1. The van der Waals surface area contributed by atoms with Crippen LogP contribution in [0.1, 0.15) is 4.88 Å². The molecule has 0 bridgehead atoms. The van der Waals surface area contributed by atoms with Gasteiger partial charge in [0, 0.05) is 24.0 Å². The maximum absolute atomic E-state index is 9.61. The fourth-order valence-corrected chi connectivity index (χ4v) is 3.12. The Balaban J connectivity index is 1.93. The predicted octanol–water partition coefficient (Wildman–Crippen LogP) is 3.46. The molecule has 0 fully saturated rings. The first-order chi connectivity index (χ1) is 11.7. The number of benzene rings is 1. The molecule has 7 heteroatoms. The summed E-state index contributed by atoms with van der Waals surface area (Å²) in [5.74, 6) is 1.37. The van der Waals surface area contributed by atoms with Gasteiger partial charge in [0.25, 0.3) is 0 Å². The normalized spacial score (nSPS) is 10.5. The first-order valence-electron chi connectivity index (χ1n) is 7.25. The highest BCUT2D eigenvalue weighted by Gasteiger charge is 2.14. The van der Waals surface area contributed by atoms with Crippen LogP contribution in [0, 0.1) is 0 Å². The van der Waals surface area contributed by atoms with Crippen molar-refractivity contribution in [1.82, 2.24) is 9.97 Å². The molecule has 0 saturated carbocycles. The average molecular weight is 343 g/mol. The number of hydrogen-bond acceptors (Lipinski definition) is 7. The van der Waals surface area contributed by atoms with Gasteiger partial charge < -0.3 is 19.9 Å². The Kier molecular flexibility index (Phi) is 4.93. The number of aromatic nitrogens is 2. The van der Waals surface area contributed by atoms with Crippen molar-refractivity contribution >= 4 is 22.2 Å². The average Bonchev–Trinajstić information content (AvgIpc) is 3.05. The van der Waals surface area contributed by atoms with E-state index in [9.17, 15) is 5.11 Å². The van der Waals surface area contributed by atoms with Crippen molar-refractivity contribution in [2.24, 2.45) is 0 Å². The first-order valence-corrected chi connectivity index (χ1v) is 8.06. The van der Waals surface area contributed by atoms with Crippen molar-refractivity contribution in [3.05, 3.63) is 47.6 Å². The van der Waals surface area contributed by atoms with Crippen LogP contribution in [0.15, 0.2) is 42.7 Å². The summed E-state index contributed by atoms with van der Waals surface area (Å²) in [4.78, 5) is 9.39. The Morgan fingerprint density at radius 2 is 1.92 bits per heavy atom. The Labute approximate surface area is 143 Å². The van der Waals surface area contributed by atoms with Crippen molar-refractivity contribution in [1.29, 1.82) is 0 Å². The lowest BCUT2D eigenvalue weighted by Gasteiger charge is -2.10. The molecule has 0 amide bonds. The van der Waals surface area contributed by atoms with Gasteiger partial charge in [-0.15, -0.1) is 0 Å². The number of rotatable bonds is 6. The van der Waals surface area contributed by atoms with Crippen molar-refractivity contribution in [2.45, 2.75) is 6.61 Å². The van der Waals surface area contributed by atoms with E-state index in [0.717, 1.165) is 21.8 Å². The molecule has 2 N–H and O–H groups in total. The summed E-state index contributed by atoms with van der Waals surface area (Å²) >= 11 is 1.40. The molecule has 2 aromatic heterocycles. The van der Waals surface area contributed by atoms with E-state index < -0.39 is 0 Å². The number of methoxy groups -OCH3 is 2. The number of hydrogen-bond donors (Lipinski definition) is 2. The topological polar surface area (TPSA) is 76.5 Å². The smallest absolute Gasteiger partial charge is 0.188 e. The van der Waals surface area contributed by atoms with Crippen LogP contribution < -0.4 is 14.8 Å². The third kappa shape index (κ3) is 3.32. The second kappa shape index (κ2) is 7.29. The summed E-state index contributed by atoms with van der Waals surface area (Å²) in [6, 6.07) is 9.24. The van der Waals surface area contributed by atoms with Crippen molar-refractivity contribution in [2.75, 3.05) is 19.5 Å². The van der Waals surface area contributed by atoms with Gasteiger partial charge in [0.15, 0.2) is 5.13 Å². The molecule has 0 radical (unpaired) electrons. The van der Waals surface area contributed by atoms with Gasteiger partial charge in [-0.2, -0.15) is 0 Å². The maximum Gasteiger partial charge on any atom is 0.188 e. The van der Waals surface area contributed by atoms with E-state index in [2.05, 4.69) is 15.3 Å². The van der Waals surface area contributed by atoms with Crippen LogP contribution in [0.3, 0.4) is 0 Å². The van der Waals surface area contributed by atoms with Gasteiger partial charge in [0.1, 0.15) is 11.5 Å². The predicted molar refractivity (Wildman–Crippen MR) is 94.1 cm³/mol. The second-order valence-corrected chi connectivity index (χ2v) is 5.96. The summed E-state index contributed by atoms with van der Waals surface area (Å²) in [5, 5.41) is 13.5. The highest BCUT2D eigenvalue weighted by atomic mass is 32.1. The quantitative estimate of drug-likeness (QED) is 0.714. The molecular weight excluding hydrogens is 326 g/mol. The lowest BCUT2D eigenvalue weighted by atomic mass is 10.2. The molecule has 0 atom stereocenters. The van der Waals surface area contributed by atoms with Crippen LogP contribution in [-0.4, -0.2) is 29.3 Å². The van der Waals surface area contributed by atoms with Crippen molar-refractivity contribution in [3.63, 3.8) is 0 Å². The van der Waals surface area contributed by atoms with Gasteiger partial charge in [-0.25, -0.2) is 4.98 Å². The van der Waals surface area contributed by atoms with Gasteiger partial charge in [-0.05, 0) is 24.3 Å². The molecule has 0 unspecified atom stereocenters. The van der Waals surface area contributed by atoms with E-state index in [0.29, 0.717) is 16.6 Å². The van der Waals surface area contributed by atoms with Gasteiger partial charge in [0.05, 0.1) is 37.1 Å². The Bertz CT molecular complexity index is 821. The maximum atomic E-state index is 9.61. The Morgan fingerprint density at radius 1 is 1.12 bits per heavy atom. The minimum Gasteiger partial charge on any atom is -0.497 e. The molecule has 0 aliphatic carbocycles. The number of aliphatic hydroxyl groups is 1. The summed E-state index contributed by atoms with van der Waals surface area (Å²) in [7, 11) is 3.21. The third-order valence-corrected chi connectivity index (χ3v) is 4.40. The number of nitrogens with one attached hydrogen (secondary N) is 1. The van der Waals surface area contributed by atoms with Gasteiger partial charge in [-0.3, -0.25) is 4.98 Å². The highest BCUT2D eigenvalue weighted by molar-refractivity contribution is 7.16. The van der Waals surface area contributed by atoms with E-state index in [-0.39, 0.29) is 6.61 Å². The largest absolute Gasteiger partial charge is 0.497 e. The lowest BCUT2D eigenvalue weighted by Crippen LogP contribution is -1.95. The monoisotopic (exact) mass is 343 g/mol. The summed E-state index contributed by atoms with van der Waals surface area (Å²) in [6.45, 7) is -0.0727. The molecule has 0 spiro atoms. The molecule has 3 rings (SSSR count). The Morgan fingerprint density at radius 3 is 2.58 bits per heavy atom. The zero-order valence-corrected chi connectivity index (χ0v) is 14.1. The van der Waals surface area contributed by atoms with Gasteiger partial charge >= 0.3 is 0 Å². The van der Waals surface area contributed by atoms with Crippen LogP contribution >= 0.6 is 11.3 Å². The Hall–Kier alpha value is -2.64. The zero-order chi connectivity index (χ0) is 16.9. The molecule has 0 aliphatic heterocycles. The van der Waals surface area contributed by atoms with Crippen LogP contribution in [0.4, 0.5) is 10.8 Å². The minimum absolute atomic E-state index is 0.0727. The number of anilines is 2. The van der Waals surface area contributed by atoms with Crippen LogP contribution in [-0.2, 0) is 6.61 Å². The van der Waals surface area contributed by atoms with E-state index in [1.165, 1.54) is 11.3 Å². The number of nitrogens with zero attached hydrogens (tertiary/aromatic N) is 2. The molecule has 6 nitrogen and oxygen atoms in total. The molecule has 2 heterocycles. The van der Waals surface area contributed by atoms with E-state index >= 15 is 0 Å². The van der Waals surface area contributed by atoms with E-state index in [4.69, 9.17) is 9.47 Å². The van der Waals surface area contributed by atoms with Crippen molar-refractivity contribution < 1.29 is 14.6 Å². The van der Waals surface area contributed by atoms with Crippen molar-refractivity contribution in [3.8, 4) is 22.8 Å². The van der Waals surface area contributed by atoms with Gasteiger partial charge in [0.2, 0.25) is 0 Å². The van der Waals surface area contributed by atoms with E-state index in [1.54, 1.807) is 32.7 Å². The molecule has 0 saturated heterocycles. The number of pyridine rings is 1. The summed E-state index contributed by atoms with van der Waals surface area (Å²) < 4.78 is 10.6. The molecule has 24 heavy (non-hydrogen) atoms. The molecule has 124 valence electrons. The molecule has 0 aliphatic rings. The highest BCUT2D eigenvalue weighted by Crippen LogP contribution is 2.36. The summed E-state index contributed by atoms with van der Waals surface area (Å²) in [6.07, 6.45) is 3.41. The zero-order valence-electron chi connectivity index (χ0n) is 13.3. The molecular formula is C17H17N3O3S. The summed E-state index contributed by atoms with van der Waals surface area (Å²) in [5.41, 5.74) is 2.44. The third-order valence-electron chi connectivity index (χ3n) is 3.45. The number of aliphatic hydroxyl groups excluding tert-OH is 1. The van der Waals surface area contributed by atoms with Crippen LogP contribution in [0.5, 0.6) is 11.5 Å².